The molecule has 0 saturated heterocycles. The van der Waals surface area contributed by atoms with Gasteiger partial charge in [0, 0.05) is 0 Å². The molecule has 0 bridgehead atoms. The van der Waals surface area contributed by atoms with Crippen molar-refractivity contribution >= 4 is 17.8 Å². The highest BCUT2D eigenvalue weighted by Gasteiger charge is 2.22. The summed E-state index contributed by atoms with van der Waals surface area (Å²) < 4.78 is 5.00. The largest absolute Gasteiger partial charge is 0.497 e. The summed E-state index contributed by atoms with van der Waals surface area (Å²) in [6, 6.07) is 5.31. The maximum Gasteiger partial charge on any atom is 0.326 e. The Morgan fingerprint density at radius 2 is 2.00 bits per heavy atom. The van der Waals surface area contributed by atoms with Crippen LogP contribution in [0.2, 0.25) is 0 Å². The van der Waals surface area contributed by atoms with Gasteiger partial charge >= 0.3 is 11.9 Å². The predicted octanol–water partition coefficient (Wildman–Crippen LogP) is 0.282. The van der Waals surface area contributed by atoms with Crippen LogP contribution < -0.4 is 10.1 Å². The Bertz CT molecular complexity index is 513. The molecule has 7 heteroatoms. The standard InChI is InChI=1S/C13H15NO6/c1-20-9-4-2-3-8(5-9)6-11(15)14-10(13(18)19)7-12(16)17/h2-5,10H,6-7H2,1H3,(H,14,15)(H,16,17)(H,18,19)/t10-/m1/s1. The van der Waals surface area contributed by atoms with Crippen LogP contribution >= 0.6 is 0 Å². The van der Waals surface area contributed by atoms with Gasteiger partial charge < -0.3 is 20.3 Å². The average molecular weight is 281 g/mol. The molecule has 1 aromatic carbocycles. The van der Waals surface area contributed by atoms with Crippen LogP contribution in [0.5, 0.6) is 5.75 Å². The number of hydrogen-bond acceptors (Lipinski definition) is 4. The molecule has 108 valence electrons. The monoisotopic (exact) mass is 281 g/mol. The molecule has 1 aromatic rings. The number of carboxylic acids is 2. The zero-order valence-electron chi connectivity index (χ0n) is 10.8. The quantitative estimate of drug-likeness (QED) is 0.661. The van der Waals surface area contributed by atoms with Crippen molar-refractivity contribution in [3.8, 4) is 5.75 Å². The molecule has 0 heterocycles. The lowest BCUT2D eigenvalue weighted by molar-refractivity contribution is -0.147. The molecule has 1 amide bonds. The summed E-state index contributed by atoms with van der Waals surface area (Å²) in [6.45, 7) is 0. The van der Waals surface area contributed by atoms with Crippen LogP contribution in [0, 0.1) is 0 Å². The minimum absolute atomic E-state index is 0.0550. The van der Waals surface area contributed by atoms with Crippen molar-refractivity contribution in [3.63, 3.8) is 0 Å². The Kier molecular flexibility index (Phi) is 5.52. The van der Waals surface area contributed by atoms with Crippen molar-refractivity contribution in [1.82, 2.24) is 5.32 Å². The number of nitrogens with one attached hydrogen (secondary N) is 1. The fraction of sp³-hybridized carbons (Fsp3) is 0.308. The first kappa shape index (κ1) is 15.5. The van der Waals surface area contributed by atoms with Gasteiger partial charge in [0.2, 0.25) is 5.91 Å². The van der Waals surface area contributed by atoms with E-state index < -0.39 is 30.3 Å². The maximum atomic E-state index is 11.7. The van der Waals surface area contributed by atoms with E-state index in [-0.39, 0.29) is 6.42 Å². The highest BCUT2D eigenvalue weighted by Crippen LogP contribution is 2.12. The number of methoxy groups -OCH3 is 1. The number of carboxylic acid groups (broad SMARTS) is 2. The maximum absolute atomic E-state index is 11.7. The summed E-state index contributed by atoms with van der Waals surface area (Å²) in [4.78, 5) is 33.0. The van der Waals surface area contributed by atoms with Gasteiger partial charge in [-0.05, 0) is 17.7 Å². The molecule has 20 heavy (non-hydrogen) atoms. The summed E-state index contributed by atoms with van der Waals surface area (Å²) >= 11 is 0. The third kappa shape index (κ3) is 4.97. The van der Waals surface area contributed by atoms with E-state index in [1.165, 1.54) is 7.11 Å². The Labute approximate surface area is 115 Å². The Morgan fingerprint density at radius 1 is 1.30 bits per heavy atom. The molecule has 0 radical (unpaired) electrons. The van der Waals surface area contributed by atoms with Gasteiger partial charge in [-0.25, -0.2) is 4.79 Å². The topological polar surface area (TPSA) is 113 Å². The number of carbonyl (C=O) groups is 3. The van der Waals surface area contributed by atoms with Gasteiger partial charge in [-0.1, -0.05) is 12.1 Å². The zero-order valence-corrected chi connectivity index (χ0v) is 10.8. The van der Waals surface area contributed by atoms with Crippen molar-refractivity contribution in [2.45, 2.75) is 18.9 Å². The highest BCUT2D eigenvalue weighted by atomic mass is 16.5. The van der Waals surface area contributed by atoms with Crippen molar-refractivity contribution in [2.75, 3.05) is 7.11 Å². The van der Waals surface area contributed by atoms with Crippen LogP contribution in [-0.2, 0) is 20.8 Å². The summed E-state index contributed by atoms with van der Waals surface area (Å²) in [5.74, 6) is -2.66. The van der Waals surface area contributed by atoms with E-state index in [0.717, 1.165) is 0 Å². The molecule has 0 aliphatic heterocycles. The van der Waals surface area contributed by atoms with E-state index in [2.05, 4.69) is 5.32 Å². The lowest BCUT2D eigenvalue weighted by atomic mass is 10.1. The van der Waals surface area contributed by atoms with Crippen LogP contribution in [0.3, 0.4) is 0 Å². The summed E-state index contributed by atoms with van der Waals surface area (Å²) in [6.07, 6.45) is -0.722. The van der Waals surface area contributed by atoms with Gasteiger partial charge in [-0.3, -0.25) is 9.59 Å². The smallest absolute Gasteiger partial charge is 0.326 e. The molecule has 0 fully saturated rings. The van der Waals surface area contributed by atoms with E-state index >= 15 is 0 Å². The van der Waals surface area contributed by atoms with Gasteiger partial charge in [0.25, 0.3) is 0 Å². The van der Waals surface area contributed by atoms with Crippen molar-refractivity contribution in [1.29, 1.82) is 0 Å². The van der Waals surface area contributed by atoms with E-state index in [9.17, 15) is 14.4 Å². The molecule has 0 saturated carbocycles. The first-order valence-corrected chi connectivity index (χ1v) is 5.79. The first-order chi connectivity index (χ1) is 9.42. The normalized spacial score (nSPS) is 11.4. The lowest BCUT2D eigenvalue weighted by Gasteiger charge is -2.12. The minimum Gasteiger partial charge on any atom is -0.497 e. The predicted molar refractivity (Wildman–Crippen MR) is 68.5 cm³/mol. The lowest BCUT2D eigenvalue weighted by Crippen LogP contribution is -2.42. The van der Waals surface area contributed by atoms with Crippen molar-refractivity contribution in [3.05, 3.63) is 29.8 Å². The number of hydrogen-bond donors (Lipinski definition) is 3. The second kappa shape index (κ2) is 7.13. The van der Waals surface area contributed by atoms with E-state index in [1.54, 1.807) is 24.3 Å². The third-order valence-corrected chi connectivity index (χ3v) is 2.51. The third-order valence-electron chi connectivity index (χ3n) is 2.51. The van der Waals surface area contributed by atoms with Crippen LogP contribution in [0.1, 0.15) is 12.0 Å². The minimum atomic E-state index is -1.44. The van der Waals surface area contributed by atoms with Gasteiger partial charge in [-0.2, -0.15) is 0 Å². The summed E-state index contributed by atoms with van der Waals surface area (Å²) in [7, 11) is 1.49. The van der Waals surface area contributed by atoms with E-state index in [4.69, 9.17) is 14.9 Å². The van der Waals surface area contributed by atoms with E-state index in [0.29, 0.717) is 11.3 Å². The molecule has 0 aliphatic rings. The van der Waals surface area contributed by atoms with Gasteiger partial charge in [0.05, 0.1) is 20.0 Å². The molecule has 3 N–H and O–H groups in total. The average Bonchev–Trinajstić information content (AvgIpc) is 2.37. The van der Waals surface area contributed by atoms with Crippen LogP contribution in [0.15, 0.2) is 24.3 Å². The highest BCUT2D eigenvalue weighted by molar-refractivity contribution is 5.87. The van der Waals surface area contributed by atoms with Gasteiger partial charge in [-0.15, -0.1) is 0 Å². The van der Waals surface area contributed by atoms with Crippen LogP contribution in [0.4, 0.5) is 0 Å². The van der Waals surface area contributed by atoms with Crippen molar-refractivity contribution < 1.29 is 29.3 Å². The molecule has 1 rings (SSSR count). The van der Waals surface area contributed by atoms with E-state index in [1.807, 2.05) is 0 Å². The SMILES string of the molecule is COc1cccc(CC(=O)N[C@H](CC(=O)O)C(=O)O)c1. The molecule has 0 unspecified atom stereocenters. The molecule has 1 atom stereocenters. The number of aliphatic carboxylic acids is 2. The molecule has 0 aromatic heterocycles. The van der Waals surface area contributed by atoms with Crippen LogP contribution in [0.25, 0.3) is 0 Å². The number of benzene rings is 1. The van der Waals surface area contributed by atoms with Crippen molar-refractivity contribution in [2.24, 2.45) is 0 Å². The number of rotatable bonds is 7. The summed E-state index contributed by atoms with van der Waals surface area (Å²) in [5.41, 5.74) is 0.640. The van der Waals surface area contributed by atoms with Crippen LogP contribution in [-0.4, -0.2) is 41.2 Å². The number of ether oxygens (including phenoxy) is 1. The summed E-state index contributed by atoms with van der Waals surface area (Å²) in [5, 5.41) is 19.6. The van der Waals surface area contributed by atoms with Gasteiger partial charge in [0.1, 0.15) is 11.8 Å². The zero-order chi connectivity index (χ0) is 15.1. The molecule has 0 aliphatic carbocycles. The number of amides is 1. The fourth-order valence-electron chi connectivity index (χ4n) is 1.59. The second-order valence-electron chi connectivity index (χ2n) is 4.08. The molecule has 0 spiro atoms. The molecular formula is C13H15NO6. The number of carbonyl (C=O) groups excluding carboxylic acids is 1. The molecular weight excluding hydrogens is 266 g/mol. The second-order valence-corrected chi connectivity index (χ2v) is 4.08. The van der Waals surface area contributed by atoms with Gasteiger partial charge in [0.15, 0.2) is 0 Å². The molecule has 7 nitrogen and oxygen atoms in total. The first-order valence-electron chi connectivity index (χ1n) is 5.79. The Morgan fingerprint density at radius 3 is 2.55 bits per heavy atom. The fourth-order valence-corrected chi connectivity index (χ4v) is 1.59. The Balaban J connectivity index is 2.65. The Hall–Kier alpha value is -2.57.